The third-order valence-electron chi connectivity index (χ3n) is 3.39. The molecule has 0 atom stereocenters. The summed E-state index contributed by atoms with van der Waals surface area (Å²) >= 11 is -3.33. The molecule has 8 heteroatoms. The number of hydrogen-bond donors (Lipinski definition) is 0. The van der Waals surface area contributed by atoms with Crippen molar-refractivity contribution in [1.82, 2.24) is 0 Å². The fraction of sp³-hybridized carbons (Fsp3) is 0.294. The SMILES string of the molecule is Cc1ccc(I(OS(=O)(=O)C(F)(F)F)c2c(C)cc(C)cc2C)cc1. The average Bonchev–Trinajstić information content (AvgIpc) is 2.44. The predicted octanol–water partition coefficient (Wildman–Crippen LogP) is 5.25. The number of rotatable bonds is 4. The van der Waals surface area contributed by atoms with Crippen molar-refractivity contribution in [2.24, 2.45) is 0 Å². The number of benzene rings is 2. The Labute approximate surface area is 153 Å². The Bertz CT molecular complexity index is 852. The van der Waals surface area contributed by atoms with Gasteiger partial charge < -0.3 is 0 Å². The van der Waals surface area contributed by atoms with Gasteiger partial charge in [-0.15, -0.1) is 0 Å². The van der Waals surface area contributed by atoms with Crippen LogP contribution in [0.2, 0.25) is 0 Å². The summed E-state index contributed by atoms with van der Waals surface area (Å²) in [6, 6.07) is 10.4. The van der Waals surface area contributed by atoms with E-state index in [1.807, 2.05) is 26.0 Å². The van der Waals surface area contributed by atoms with Gasteiger partial charge in [0, 0.05) is 0 Å². The van der Waals surface area contributed by atoms with Crippen molar-refractivity contribution in [3.63, 3.8) is 0 Å². The van der Waals surface area contributed by atoms with E-state index in [0.717, 1.165) is 22.3 Å². The molecule has 2 aromatic rings. The summed E-state index contributed by atoms with van der Waals surface area (Å²) in [5.41, 5.74) is -2.09. The van der Waals surface area contributed by atoms with Gasteiger partial charge in [0.1, 0.15) is 0 Å². The van der Waals surface area contributed by atoms with E-state index in [-0.39, 0.29) is 0 Å². The molecule has 2 rings (SSSR count). The van der Waals surface area contributed by atoms with E-state index in [1.54, 1.807) is 38.1 Å². The Balaban J connectivity index is 2.64. The molecule has 2 aromatic carbocycles. The second-order valence-corrected chi connectivity index (χ2v) is 12.0. The molecule has 0 saturated heterocycles. The van der Waals surface area contributed by atoms with Gasteiger partial charge in [-0.25, -0.2) is 0 Å². The number of hydrogen-bond acceptors (Lipinski definition) is 3. The molecule has 0 unspecified atom stereocenters. The maximum absolute atomic E-state index is 12.9. The Morgan fingerprint density at radius 1 is 0.880 bits per heavy atom. The van der Waals surface area contributed by atoms with Gasteiger partial charge in [0.15, 0.2) is 0 Å². The summed E-state index contributed by atoms with van der Waals surface area (Å²) in [5, 5.41) is 0. The Morgan fingerprint density at radius 2 is 1.36 bits per heavy atom. The standard InChI is InChI=1S/C17H18F3IO3S/c1-11-5-7-15(8-6-11)21(24-25(22,23)17(18,19)20)16-13(3)9-12(2)10-14(16)4/h5-10H,1-4H3. The van der Waals surface area contributed by atoms with Crippen LogP contribution in [0.5, 0.6) is 0 Å². The molecule has 0 aromatic heterocycles. The van der Waals surface area contributed by atoms with Crippen LogP contribution in [0.25, 0.3) is 0 Å². The van der Waals surface area contributed by atoms with E-state index in [4.69, 9.17) is 2.51 Å². The Hall–Kier alpha value is -1.13. The van der Waals surface area contributed by atoms with Crippen molar-refractivity contribution in [1.29, 1.82) is 0 Å². The molecule has 0 N–H and O–H groups in total. The first kappa shape index (κ1) is 20.2. The van der Waals surface area contributed by atoms with Gasteiger partial charge in [0.2, 0.25) is 0 Å². The first-order chi connectivity index (χ1) is 11.4. The molecule has 0 amide bonds. The predicted molar refractivity (Wildman–Crippen MR) is 99.3 cm³/mol. The van der Waals surface area contributed by atoms with Crippen molar-refractivity contribution in [2.75, 3.05) is 0 Å². The van der Waals surface area contributed by atoms with Crippen LogP contribution in [0, 0.1) is 34.8 Å². The van der Waals surface area contributed by atoms with Crippen LogP contribution in [0.15, 0.2) is 36.4 Å². The summed E-state index contributed by atoms with van der Waals surface area (Å²) in [5.74, 6) is 0. The van der Waals surface area contributed by atoms with E-state index in [9.17, 15) is 21.6 Å². The second-order valence-electron chi connectivity index (χ2n) is 5.72. The van der Waals surface area contributed by atoms with Crippen LogP contribution in [0.1, 0.15) is 22.3 Å². The van der Waals surface area contributed by atoms with Crippen LogP contribution in [0.3, 0.4) is 0 Å². The molecule has 0 aliphatic carbocycles. The fourth-order valence-electron chi connectivity index (χ4n) is 2.38. The minimum absolute atomic E-state index is 0.498. The van der Waals surface area contributed by atoms with Crippen LogP contribution >= 0.6 is 20.2 Å². The molecule has 0 fully saturated rings. The van der Waals surface area contributed by atoms with Gasteiger partial charge >= 0.3 is 153 Å². The fourth-order valence-corrected chi connectivity index (χ4v) is 9.44. The molecule has 0 bridgehead atoms. The van der Waals surface area contributed by atoms with Gasteiger partial charge in [0.05, 0.1) is 0 Å². The second kappa shape index (κ2) is 7.24. The first-order valence-electron chi connectivity index (χ1n) is 7.28. The van der Waals surface area contributed by atoms with Crippen LogP contribution in [-0.4, -0.2) is 13.9 Å². The van der Waals surface area contributed by atoms with Crippen molar-refractivity contribution in [3.8, 4) is 0 Å². The number of halogens is 4. The van der Waals surface area contributed by atoms with Gasteiger partial charge in [-0.05, 0) is 0 Å². The molecule has 3 nitrogen and oxygen atoms in total. The van der Waals surface area contributed by atoms with Crippen molar-refractivity contribution in [3.05, 3.63) is 65.8 Å². The van der Waals surface area contributed by atoms with Crippen molar-refractivity contribution in [2.45, 2.75) is 33.2 Å². The van der Waals surface area contributed by atoms with Gasteiger partial charge in [-0.2, -0.15) is 0 Å². The molecule has 0 heterocycles. The van der Waals surface area contributed by atoms with E-state index in [2.05, 4.69) is 0 Å². The zero-order valence-electron chi connectivity index (χ0n) is 14.1. The van der Waals surface area contributed by atoms with Crippen molar-refractivity contribution < 1.29 is 24.1 Å². The van der Waals surface area contributed by atoms with E-state index < -0.39 is 35.9 Å². The summed E-state index contributed by atoms with van der Waals surface area (Å²) in [6.45, 7) is 7.24. The van der Waals surface area contributed by atoms with Gasteiger partial charge in [-0.3, -0.25) is 0 Å². The Morgan fingerprint density at radius 3 is 1.80 bits per heavy atom. The molecule has 0 aliphatic rings. The monoisotopic (exact) mass is 486 g/mol. The van der Waals surface area contributed by atoms with E-state index in [0.29, 0.717) is 7.14 Å². The number of alkyl halides is 3. The molecule has 0 saturated carbocycles. The average molecular weight is 486 g/mol. The van der Waals surface area contributed by atoms with Gasteiger partial charge in [0.25, 0.3) is 0 Å². The molecule has 0 aliphatic heterocycles. The van der Waals surface area contributed by atoms with Gasteiger partial charge in [-0.1, -0.05) is 0 Å². The van der Waals surface area contributed by atoms with Crippen LogP contribution in [-0.2, 0) is 12.6 Å². The normalized spacial score (nSPS) is 13.0. The molecule has 138 valence electrons. The molecular weight excluding hydrogens is 468 g/mol. The summed E-state index contributed by atoms with van der Waals surface area (Å²) in [4.78, 5) is 0. The quantitative estimate of drug-likeness (QED) is 0.438. The summed E-state index contributed by atoms with van der Waals surface area (Å²) in [7, 11) is -5.68. The number of aryl methyl sites for hydroxylation is 4. The molecule has 0 spiro atoms. The topological polar surface area (TPSA) is 43.4 Å². The Kier molecular flexibility index (Phi) is 5.85. The summed E-state index contributed by atoms with van der Waals surface area (Å²) < 4.78 is 67.8. The van der Waals surface area contributed by atoms with E-state index in [1.165, 1.54) is 0 Å². The maximum atomic E-state index is 12.9. The molecule has 0 radical (unpaired) electrons. The minimum atomic E-state index is -5.68. The zero-order chi connectivity index (χ0) is 19.0. The summed E-state index contributed by atoms with van der Waals surface area (Å²) in [6.07, 6.45) is 0. The van der Waals surface area contributed by atoms with E-state index >= 15 is 0 Å². The third kappa shape index (κ3) is 4.53. The van der Waals surface area contributed by atoms with Crippen molar-refractivity contribution >= 4 is 30.4 Å². The van der Waals surface area contributed by atoms with Crippen LogP contribution in [0.4, 0.5) is 13.2 Å². The molecular formula is C17H18F3IO3S. The molecule has 25 heavy (non-hydrogen) atoms. The first-order valence-corrected chi connectivity index (χ1v) is 11.7. The van der Waals surface area contributed by atoms with Crippen LogP contribution < -0.4 is 0 Å². The zero-order valence-corrected chi connectivity index (χ0v) is 17.1. The third-order valence-corrected chi connectivity index (χ3v) is 11.3.